The van der Waals surface area contributed by atoms with Crippen molar-refractivity contribution < 1.29 is 0 Å². The Morgan fingerprint density at radius 3 is 2.10 bits per heavy atom. The van der Waals surface area contributed by atoms with Gasteiger partial charge in [-0.05, 0) is 24.7 Å². The van der Waals surface area contributed by atoms with Crippen LogP contribution < -0.4 is 0 Å². The summed E-state index contributed by atoms with van der Waals surface area (Å²) in [7, 11) is 0. The molecule has 0 radical (unpaired) electrons. The second-order valence-corrected chi connectivity index (χ2v) is 2.91. The second-order valence-electron chi connectivity index (χ2n) is 2.91. The summed E-state index contributed by atoms with van der Waals surface area (Å²) in [6.45, 7) is 8.58. The van der Waals surface area contributed by atoms with Crippen LogP contribution in [0.15, 0.2) is 12.2 Å². The van der Waals surface area contributed by atoms with Gasteiger partial charge in [0.2, 0.25) is 0 Å². The maximum atomic E-state index is 2.35. The van der Waals surface area contributed by atoms with Crippen LogP contribution in [0, 0.1) is 11.8 Å². The van der Waals surface area contributed by atoms with E-state index in [4.69, 9.17) is 0 Å². The van der Waals surface area contributed by atoms with Crippen molar-refractivity contribution in [1.82, 2.24) is 0 Å². The molecule has 1 atom stereocenters. The average molecular weight is 140 g/mol. The van der Waals surface area contributed by atoms with E-state index in [-0.39, 0.29) is 0 Å². The first-order valence-electron chi connectivity index (χ1n) is 4.47. The highest BCUT2D eigenvalue weighted by Gasteiger charge is 2.11. The fourth-order valence-corrected chi connectivity index (χ4v) is 1.21. The standard InChI is InChI=1S/C8H14.C2H6/c1-7(2)8-5-3-4-6-8;1-2/h3,5,7-8H,4,6H2,1-2H3;1-2H3. The monoisotopic (exact) mass is 140 g/mol. The van der Waals surface area contributed by atoms with Crippen molar-refractivity contribution in [3.05, 3.63) is 12.2 Å². The average Bonchev–Trinajstić information content (AvgIpc) is 2.42. The molecule has 0 spiro atoms. The van der Waals surface area contributed by atoms with E-state index >= 15 is 0 Å². The number of hydrogen-bond donors (Lipinski definition) is 0. The van der Waals surface area contributed by atoms with E-state index in [1.165, 1.54) is 12.8 Å². The quantitative estimate of drug-likeness (QED) is 0.488. The minimum absolute atomic E-state index is 0.855. The summed E-state index contributed by atoms with van der Waals surface area (Å²) in [6, 6.07) is 0. The van der Waals surface area contributed by atoms with Gasteiger partial charge >= 0.3 is 0 Å². The van der Waals surface area contributed by atoms with Crippen molar-refractivity contribution >= 4 is 0 Å². The third-order valence-electron chi connectivity index (χ3n) is 1.91. The highest BCUT2D eigenvalue weighted by molar-refractivity contribution is 4.96. The molecule has 0 nitrogen and oxygen atoms in total. The molecule has 0 aromatic rings. The summed E-state index contributed by atoms with van der Waals surface area (Å²) in [5.41, 5.74) is 0. The summed E-state index contributed by atoms with van der Waals surface area (Å²) in [5.74, 6) is 1.74. The summed E-state index contributed by atoms with van der Waals surface area (Å²) in [5, 5.41) is 0. The van der Waals surface area contributed by atoms with Gasteiger partial charge in [0.05, 0.1) is 0 Å². The Morgan fingerprint density at radius 1 is 1.30 bits per heavy atom. The zero-order valence-corrected chi connectivity index (χ0v) is 7.72. The number of allylic oxidation sites excluding steroid dienone is 2. The van der Waals surface area contributed by atoms with E-state index in [1.807, 2.05) is 13.8 Å². The second kappa shape index (κ2) is 5.52. The van der Waals surface area contributed by atoms with Gasteiger partial charge in [0.1, 0.15) is 0 Å². The zero-order valence-electron chi connectivity index (χ0n) is 7.72. The molecule has 0 saturated carbocycles. The lowest BCUT2D eigenvalue weighted by Crippen LogP contribution is -2.00. The van der Waals surface area contributed by atoms with Crippen molar-refractivity contribution in [3.8, 4) is 0 Å². The van der Waals surface area contributed by atoms with Crippen LogP contribution in [0.1, 0.15) is 40.5 Å². The molecule has 0 aromatic carbocycles. The summed E-state index contributed by atoms with van der Waals surface area (Å²) >= 11 is 0. The predicted molar refractivity (Wildman–Crippen MR) is 48.1 cm³/mol. The largest absolute Gasteiger partial charge is 0.0882 e. The molecule has 1 aliphatic carbocycles. The first-order chi connectivity index (χ1) is 4.80. The predicted octanol–water partition coefficient (Wildman–Crippen LogP) is 3.63. The minimum atomic E-state index is 0.855. The minimum Gasteiger partial charge on any atom is -0.0882 e. The molecule has 1 aliphatic rings. The van der Waals surface area contributed by atoms with Crippen LogP contribution in [0.2, 0.25) is 0 Å². The van der Waals surface area contributed by atoms with Gasteiger partial charge in [0, 0.05) is 0 Å². The Bertz CT molecular complexity index is 90.2. The highest BCUT2D eigenvalue weighted by atomic mass is 14.2. The molecule has 60 valence electrons. The van der Waals surface area contributed by atoms with E-state index in [0.717, 1.165) is 11.8 Å². The first-order valence-corrected chi connectivity index (χ1v) is 4.47. The topological polar surface area (TPSA) is 0 Å². The van der Waals surface area contributed by atoms with Gasteiger partial charge in [-0.3, -0.25) is 0 Å². The van der Waals surface area contributed by atoms with E-state index in [0.29, 0.717) is 0 Å². The van der Waals surface area contributed by atoms with Gasteiger partial charge in [-0.1, -0.05) is 39.8 Å². The molecule has 0 aromatic heterocycles. The molecule has 1 rings (SSSR count). The fourth-order valence-electron chi connectivity index (χ4n) is 1.21. The van der Waals surface area contributed by atoms with Crippen LogP contribution in [0.3, 0.4) is 0 Å². The van der Waals surface area contributed by atoms with Crippen LogP contribution in [0.25, 0.3) is 0 Å². The van der Waals surface area contributed by atoms with E-state index in [1.54, 1.807) is 0 Å². The SMILES string of the molecule is CC.CC(C)C1C=CCC1. The van der Waals surface area contributed by atoms with Crippen molar-refractivity contribution in [1.29, 1.82) is 0 Å². The van der Waals surface area contributed by atoms with Crippen molar-refractivity contribution in [2.24, 2.45) is 11.8 Å². The molecule has 0 heteroatoms. The van der Waals surface area contributed by atoms with Crippen LogP contribution in [-0.2, 0) is 0 Å². The third-order valence-corrected chi connectivity index (χ3v) is 1.91. The maximum Gasteiger partial charge on any atom is -0.0207 e. The van der Waals surface area contributed by atoms with Gasteiger partial charge < -0.3 is 0 Å². The van der Waals surface area contributed by atoms with Crippen LogP contribution in [-0.4, -0.2) is 0 Å². The molecular formula is C10H20. The third kappa shape index (κ3) is 3.05. The molecule has 0 fully saturated rings. The molecule has 10 heavy (non-hydrogen) atoms. The number of rotatable bonds is 1. The molecule has 0 heterocycles. The Balaban J connectivity index is 0.000000371. The van der Waals surface area contributed by atoms with Crippen molar-refractivity contribution in [2.75, 3.05) is 0 Å². The normalized spacial score (nSPS) is 22.7. The summed E-state index contributed by atoms with van der Waals surface area (Å²) in [6.07, 6.45) is 7.34. The van der Waals surface area contributed by atoms with Crippen LogP contribution in [0.5, 0.6) is 0 Å². The first kappa shape index (κ1) is 9.74. The fraction of sp³-hybridized carbons (Fsp3) is 0.800. The molecule has 0 amide bonds. The molecule has 1 unspecified atom stereocenters. The van der Waals surface area contributed by atoms with E-state index in [9.17, 15) is 0 Å². The van der Waals surface area contributed by atoms with E-state index < -0.39 is 0 Å². The van der Waals surface area contributed by atoms with Crippen molar-refractivity contribution in [3.63, 3.8) is 0 Å². The lowest BCUT2D eigenvalue weighted by atomic mass is 9.96. The maximum absolute atomic E-state index is 2.35. The number of hydrogen-bond acceptors (Lipinski definition) is 0. The van der Waals surface area contributed by atoms with Crippen molar-refractivity contribution in [2.45, 2.75) is 40.5 Å². The summed E-state index contributed by atoms with van der Waals surface area (Å²) in [4.78, 5) is 0. The Kier molecular flexibility index (Phi) is 5.38. The van der Waals surface area contributed by atoms with Crippen LogP contribution >= 0.6 is 0 Å². The zero-order chi connectivity index (χ0) is 7.98. The Labute approximate surface area is 65.3 Å². The Morgan fingerprint density at radius 2 is 1.90 bits per heavy atom. The van der Waals surface area contributed by atoms with Gasteiger partial charge in [-0.15, -0.1) is 0 Å². The molecule has 0 bridgehead atoms. The van der Waals surface area contributed by atoms with Gasteiger partial charge in [0.25, 0.3) is 0 Å². The molecule has 0 aliphatic heterocycles. The van der Waals surface area contributed by atoms with Gasteiger partial charge in [-0.25, -0.2) is 0 Å². The van der Waals surface area contributed by atoms with Gasteiger partial charge in [-0.2, -0.15) is 0 Å². The lowest BCUT2D eigenvalue weighted by molar-refractivity contribution is 0.459. The molecule has 0 N–H and O–H groups in total. The molecular weight excluding hydrogens is 120 g/mol. The Hall–Kier alpha value is -0.260. The summed E-state index contributed by atoms with van der Waals surface area (Å²) < 4.78 is 0. The van der Waals surface area contributed by atoms with Gasteiger partial charge in [0.15, 0.2) is 0 Å². The molecule has 0 saturated heterocycles. The van der Waals surface area contributed by atoms with E-state index in [2.05, 4.69) is 26.0 Å². The smallest absolute Gasteiger partial charge is 0.0207 e. The highest BCUT2D eigenvalue weighted by Crippen LogP contribution is 2.23. The van der Waals surface area contributed by atoms with Crippen LogP contribution in [0.4, 0.5) is 0 Å². The lowest BCUT2D eigenvalue weighted by Gasteiger charge is -2.09.